The van der Waals surface area contributed by atoms with Gasteiger partial charge in [-0.1, -0.05) is 31.0 Å². The van der Waals surface area contributed by atoms with Crippen LogP contribution in [0.4, 0.5) is 0 Å². The average molecular weight is 455 g/mol. The summed E-state index contributed by atoms with van der Waals surface area (Å²) in [5.74, 6) is 0.815. The first-order chi connectivity index (χ1) is 10.8. The summed E-state index contributed by atoms with van der Waals surface area (Å²) >= 11 is 5.76. The van der Waals surface area contributed by atoms with Gasteiger partial charge in [-0.05, 0) is 30.9 Å². The second kappa shape index (κ2) is 15.0. The molecule has 0 amide bonds. The number of hydrogen-bond donors (Lipinski definition) is 2. The molecule has 1 aromatic heterocycles. The summed E-state index contributed by atoms with van der Waals surface area (Å²) in [5.41, 5.74) is 1.15. The third-order valence-corrected chi connectivity index (χ3v) is 3.34. The van der Waals surface area contributed by atoms with Gasteiger partial charge in [0.05, 0.1) is 0 Å². The molecule has 1 aromatic rings. The number of halogens is 2. The summed E-state index contributed by atoms with van der Waals surface area (Å²) in [6.07, 6.45) is 5.97. The minimum absolute atomic E-state index is 0. The van der Waals surface area contributed by atoms with E-state index in [0.29, 0.717) is 5.15 Å². The largest absolute Gasteiger partial charge is 0.381 e. The SMILES string of the molecule is CCCCOCCCNC(=NC)NCCc1ccc(Cl)nc1.I. The zero-order chi connectivity index (χ0) is 16.0. The fourth-order valence-corrected chi connectivity index (χ4v) is 1.94. The molecule has 0 unspecified atom stereocenters. The minimum Gasteiger partial charge on any atom is -0.381 e. The predicted molar refractivity (Wildman–Crippen MR) is 108 cm³/mol. The molecule has 0 saturated carbocycles. The van der Waals surface area contributed by atoms with Gasteiger partial charge in [0.2, 0.25) is 0 Å². The molecule has 0 aromatic carbocycles. The van der Waals surface area contributed by atoms with Crippen molar-refractivity contribution in [1.29, 1.82) is 0 Å². The Labute approximate surface area is 161 Å². The predicted octanol–water partition coefficient (Wildman–Crippen LogP) is 3.27. The molecule has 0 radical (unpaired) electrons. The molecule has 5 nitrogen and oxygen atoms in total. The second-order valence-corrected chi connectivity index (χ2v) is 5.37. The van der Waals surface area contributed by atoms with Gasteiger partial charge in [-0.3, -0.25) is 4.99 Å². The van der Waals surface area contributed by atoms with Gasteiger partial charge in [-0.15, -0.1) is 24.0 Å². The van der Waals surface area contributed by atoms with Crippen LogP contribution in [0.1, 0.15) is 31.7 Å². The Kier molecular flexibility index (Phi) is 14.6. The van der Waals surface area contributed by atoms with Gasteiger partial charge in [-0.2, -0.15) is 0 Å². The number of aliphatic imine (C=N–C) groups is 1. The van der Waals surface area contributed by atoms with Crippen LogP contribution < -0.4 is 10.6 Å². The van der Waals surface area contributed by atoms with E-state index in [1.165, 1.54) is 6.42 Å². The molecule has 0 spiro atoms. The maximum Gasteiger partial charge on any atom is 0.190 e. The number of pyridine rings is 1. The van der Waals surface area contributed by atoms with Crippen molar-refractivity contribution < 1.29 is 4.74 Å². The van der Waals surface area contributed by atoms with Gasteiger partial charge in [0.25, 0.3) is 0 Å². The van der Waals surface area contributed by atoms with Crippen molar-refractivity contribution in [3.8, 4) is 0 Å². The van der Waals surface area contributed by atoms with Gasteiger partial charge in [-0.25, -0.2) is 4.98 Å². The molecule has 0 atom stereocenters. The van der Waals surface area contributed by atoms with Crippen molar-refractivity contribution in [2.45, 2.75) is 32.6 Å². The van der Waals surface area contributed by atoms with Crippen LogP contribution in [0.2, 0.25) is 5.15 Å². The van der Waals surface area contributed by atoms with Crippen LogP contribution in [-0.2, 0) is 11.2 Å². The first-order valence-corrected chi connectivity index (χ1v) is 8.26. The lowest BCUT2D eigenvalue weighted by molar-refractivity contribution is 0.129. The number of aromatic nitrogens is 1. The highest BCUT2D eigenvalue weighted by atomic mass is 127. The number of ether oxygens (including phenoxy) is 1. The number of rotatable bonds is 10. The standard InChI is InChI=1S/C16H27ClN4O.HI/c1-3-4-11-22-12-5-9-19-16(18-2)20-10-8-14-6-7-15(17)21-13-14;/h6-7,13H,3-5,8-12H2,1-2H3,(H2,18,19,20);1H. The number of nitrogens with zero attached hydrogens (tertiary/aromatic N) is 2. The topological polar surface area (TPSA) is 58.5 Å². The Bertz CT molecular complexity index is 429. The van der Waals surface area contributed by atoms with Crippen molar-refractivity contribution in [3.63, 3.8) is 0 Å². The highest BCUT2D eigenvalue weighted by molar-refractivity contribution is 14.0. The molecule has 1 rings (SSSR count). The Morgan fingerprint density at radius 2 is 1.96 bits per heavy atom. The van der Waals surface area contributed by atoms with E-state index in [2.05, 4.69) is 27.5 Å². The Balaban J connectivity index is 0.00000484. The Morgan fingerprint density at radius 1 is 1.22 bits per heavy atom. The highest BCUT2D eigenvalue weighted by Crippen LogP contribution is 2.05. The van der Waals surface area contributed by atoms with Crippen molar-refractivity contribution in [3.05, 3.63) is 29.0 Å². The van der Waals surface area contributed by atoms with Crippen LogP contribution >= 0.6 is 35.6 Å². The second-order valence-electron chi connectivity index (χ2n) is 4.98. The summed E-state index contributed by atoms with van der Waals surface area (Å²) in [4.78, 5) is 8.26. The van der Waals surface area contributed by atoms with E-state index in [9.17, 15) is 0 Å². The fraction of sp³-hybridized carbons (Fsp3) is 0.625. The van der Waals surface area contributed by atoms with E-state index in [1.807, 2.05) is 12.1 Å². The van der Waals surface area contributed by atoms with Gasteiger partial charge < -0.3 is 15.4 Å². The van der Waals surface area contributed by atoms with Crippen LogP contribution in [0, 0.1) is 0 Å². The van der Waals surface area contributed by atoms with E-state index in [4.69, 9.17) is 16.3 Å². The molecule has 1 heterocycles. The molecule has 0 aliphatic carbocycles. The molecule has 0 saturated heterocycles. The van der Waals surface area contributed by atoms with Gasteiger partial charge in [0, 0.05) is 39.5 Å². The molecule has 2 N–H and O–H groups in total. The smallest absolute Gasteiger partial charge is 0.190 e. The van der Waals surface area contributed by atoms with Crippen molar-refractivity contribution in [1.82, 2.24) is 15.6 Å². The lowest BCUT2D eigenvalue weighted by atomic mass is 10.2. The van der Waals surface area contributed by atoms with Gasteiger partial charge in [0.1, 0.15) is 5.15 Å². The van der Waals surface area contributed by atoms with Crippen molar-refractivity contribution in [2.24, 2.45) is 4.99 Å². The van der Waals surface area contributed by atoms with E-state index in [-0.39, 0.29) is 24.0 Å². The summed E-state index contributed by atoms with van der Waals surface area (Å²) in [6, 6.07) is 3.79. The zero-order valence-electron chi connectivity index (χ0n) is 14.0. The van der Waals surface area contributed by atoms with Crippen molar-refractivity contribution in [2.75, 3.05) is 33.4 Å². The molecule has 23 heavy (non-hydrogen) atoms. The van der Waals surface area contributed by atoms with E-state index in [0.717, 1.165) is 57.1 Å². The summed E-state index contributed by atoms with van der Waals surface area (Å²) in [6.45, 7) is 5.48. The lowest BCUT2D eigenvalue weighted by Gasteiger charge is -2.12. The normalized spacial score (nSPS) is 11.0. The highest BCUT2D eigenvalue weighted by Gasteiger charge is 1.98. The average Bonchev–Trinajstić information content (AvgIpc) is 2.54. The monoisotopic (exact) mass is 454 g/mol. The van der Waals surface area contributed by atoms with Crippen LogP contribution in [0.5, 0.6) is 0 Å². The van der Waals surface area contributed by atoms with Crippen LogP contribution in [0.3, 0.4) is 0 Å². The molecule has 132 valence electrons. The summed E-state index contributed by atoms with van der Waals surface area (Å²) in [7, 11) is 1.77. The molecule has 0 aliphatic heterocycles. The molecular weight excluding hydrogens is 427 g/mol. The maximum atomic E-state index is 5.76. The first kappa shape index (κ1) is 22.4. The van der Waals surface area contributed by atoms with E-state index >= 15 is 0 Å². The first-order valence-electron chi connectivity index (χ1n) is 7.89. The van der Waals surface area contributed by atoms with E-state index in [1.54, 1.807) is 13.2 Å². The van der Waals surface area contributed by atoms with Crippen LogP contribution in [0.25, 0.3) is 0 Å². The summed E-state index contributed by atoms with van der Waals surface area (Å²) < 4.78 is 5.52. The number of hydrogen-bond acceptors (Lipinski definition) is 3. The number of nitrogens with one attached hydrogen (secondary N) is 2. The molecular formula is C16H28ClIN4O. The lowest BCUT2D eigenvalue weighted by Crippen LogP contribution is -2.39. The Hall–Kier alpha value is -0.600. The molecule has 0 bridgehead atoms. The molecule has 0 aliphatic rings. The maximum absolute atomic E-state index is 5.76. The quantitative estimate of drug-likeness (QED) is 0.187. The van der Waals surface area contributed by atoms with Crippen molar-refractivity contribution >= 4 is 41.5 Å². The van der Waals surface area contributed by atoms with E-state index < -0.39 is 0 Å². The van der Waals surface area contributed by atoms with Crippen LogP contribution in [-0.4, -0.2) is 44.3 Å². The molecule has 7 heteroatoms. The fourth-order valence-electron chi connectivity index (χ4n) is 1.83. The number of unbranched alkanes of at least 4 members (excludes halogenated alkanes) is 1. The Morgan fingerprint density at radius 3 is 2.61 bits per heavy atom. The third-order valence-electron chi connectivity index (χ3n) is 3.12. The summed E-state index contributed by atoms with van der Waals surface area (Å²) in [5, 5.41) is 7.08. The third kappa shape index (κ3) is 11.6. The minimum atomic E-state index is 0. The zero-order valence-corrected chi connectivity index (χ0v) is 17.1. The molecule has 0 fully saturated rings. The van der Waals surface area contributed by atoms with Gasteiger partial charge >= 0.3 is 0 Å². The number of guanidine groups is 1. The van der Waals surface area contributed by atoms with Gasteiger partial charge in [0.15, 0.2) is 5.96 Å². The van der Waals surface area contributed by atoms with Crippen LogP contribution in [0.15, 0.2) is 23.3 Å².